The Labute approximate surface area is 163 Å². The third-order valence-corrected chi connectivity index (χ3v) is 4.00. The molecule has 0 saturated carbocycles. The molecule has 0 fully saturated rings. The summed E-state index contributed by atoms with van der Waals surface area (Å²) in [6.45, 7) is 9.11. The van der Waals surface area contributed by atoms with Crippen LogP contribution < -0.4 is 14.8 Å². The van der Waals surface area contributed by atoms with Crippen molar-refractivity contribution in [3.05, 3.63) is 35.5 Å². The van der Waals surface area contributed by atoms with Gasteiger partial charge in [0.15, 0.2) is 11.5 Å². The van der Waals surface area contributed by atoms with E-state index in [0.29, 0.717) is 5.82 Å². The van der Waals surface area contributed by atoms with Crippen LogP contribution in [0.2, 0.25) is 0 Å². The number of halogens is 2. The van der Waals surface area contributed by atoms with E-state index in [1.54, 1.807) is 4.68 Å². The van der Waals surface area contributed by atoms with Gasteiger partial charge in [-0.2, -0.15) is 13.9 Å². The molecule has 0 atom stereocenters. The zero-order valence-electron chi connectivity index (χ0n) is 17.3. The van der Waals surface area contributed by atoms with E-state index in [1.165, 1.54) is 25.3 Å². The molecule has 1 amide bonds. The highest BCUT2D eigenvalue weighted by Crippen LogP contribution is 2.31. The molecule has 8 heteroatoms. The molecule has 0 aliphatic rings. The number of benzene rings is 1. The number of rotatable bonds is 5. The molecule has 2 aromatic rings. The number of hydrogen-bond acceptors (Lipinski definition) is 4. The molecule has 0 saturated heterocycles. The predicted octanol–water partition coefficient (Wildman–Crippen LogP) is 4.80. The Bertz CT molecular complexity index is 849. The number of methoxy groups -OCH3 is 1. The highest BCUT2D eigenvalue weighted by molar-refractivity contribution is 6.04. The van der Waals surface area contributed by atoms with Crippen molar-refractivity contribution in [1.29, 1.82) is 0 Å². The Hall–Kier alpha value is -2.64. The first-order valence-electron chi connectivity index (χ1n) is 8.88. The lowest BCUT2D eigenvalue weighted by molar-refractivity contribution is -0.0512. The molecule has 6 nitrogen and oxygen atoms in total. The van der Waals surface area contributed by atoms with E-state index in [1.807, 2.05) is 47.6 Å². The minimum absolute atomic E-state index is 0.0488. The summed E-state index contributed by atoms with van der Waals surface area (Å²) in [6.07, 6.45) is 0. The lowest BCUT2D eigenvalue weighted by atomic mass is 9.92. The lowest BCUT2D eigenvalue weighted by Crippen LogP contribution is -2.27. The van der Waals surface area contributed by atoms with Crippen molar-refractivity contribution < 1.29 is 23.0 Å². The minimum atomic E-state index is -2.98. The number of nitrogens with zero attached hydrogens (tertiary/aromatic N) is 2. The second-order valence-electron chi connectivity index (χ2n) is 8.45. The molecule has 1 N–H and O–H groups in total. The lowest BCUT2D eigenvalue weighted by Gasteiger charge is -2.23. The Morgan fingerprint density at radius 3 is 2.25 bits per heavy atom. The zero-order valence-corrected chi connectivity index (χ0v) is 17.3. The normalized spacial score (nSPS) is 12.2. The maximum atomic E-state index is 12.8. The molecule has 0 radical (unpaired) electrons. The number of ether oxygens (including phenoxy) is 2. The molecule has 1 aromatic carbocycles. The Balaban J connectivity index is 2.36. The Morgan fingerprint density at radius 2 is 1.75 bits per heavy atom. The number of amides is 1. The Morgan fingerprint density at radius 1 is 1.11 bits per heavy atom. The molecule has 1 aromatic heterocycles. The van der Waals surface area contributed by atoms with Crippen LogP contribution >= 0.6 is 0 Å². The fourth-order valence-corrected chi connectivity index (χ4v) is 2.54. The van der Waals surface area contributed by atoms with Gasteiger partial charge in [0.05, 0.1) is 18.3 Å². The summed E-state index contributed by atoms with van der Waals surface area (Å²) in [5.74, 6) is 0.0542. The quantitative estimate of drug-likeness (QED) is 0.790. The van der Waals surface area contributed by atoms with Gasteiger partial charge in [0.2, 0.25) is 0 Å². The summed E-state index contributed by atoms with van der Waals surface area (Å²) >= 11 is 0. The fourth-order valence-electron chi connectivity index (χ4n) is 2.54. The average molecular weight is 395 g/mol. The zero-order chi connectivity index (χ0) is 21.3. The molecule has 154 valence electrons. The van der Waals surface area contributed by atoms with Crippen LogP contribution in [0, 0.1) is 0 Å². The minimum Gasteiger partial charge on any atom is -0.493 e. The van der Waals surface area contributed by atoms with Gasteiger partial charge in [0.25, 0.3) is 5.91 Å². The van der Waals surface area contributed by atoms with Crippen molar-refractivity contribution in [2.24, 2.45) is 0 Å². The maximum Gasteiger partial charge on any atom is 0.387 e. The van der Waals surface area contributed by atoms with E-state index in [4.69, 9.17) is 4.74 Å². The highest BCUT2D eigenvalue weighted by Gasteiger charge is 2.26. The third kappa shape index (κ3) is 4.99. The number of carbonyl (C=O) groups is 1. The molecule has 0 aliphatic heterocycles. The largest absolute Gasteiger partial charge is 0.493 e. The first kappa shape index (κ1) is 21.7. The number of hydrogen-bond donors (Lipinski definition) is 1. The van der Waals surface area contributed by atoms with Crippen LogP contribution in [-0.2, 0) is 11.0 Å². The summed E-state index contributed by atoms with van der Waals surface area (Å²) in [5, 5.41) is 7.51. The van der Waals surface area contributed by atoms with Gasteiger partial charge in [0, 0.05) is 17.0 Å². The van der Waals surface area contributed by atoms with Crippen LogP contribution in [0.25, 0.3) is 0 Å². The SMILES string of the molecule is COc1cc(C(=O)Nc2cc(C(C)(C)C)nn2C(C)(C)C)ccc1OC(F)F. The molecule has 28 heavy (non-hydrogen) atoms. The predicted molar refractivity (Wildman–Crippen MR) is 104 cm³/mol. The first-order chi connectivity index (χ1) is 12.8. The average Bonchev–Trinajstić information content (AvgIpc) is 2.99. The fraction of sp³-hybridized carbons (Fsp3) is 0.500. The van der Waals surface area contributed by atoms with Crippen molar-refractivity contribution in [3.63, 3.8) is 0 Å². The van der Waals surface area contributed by atoms with Crippen LogP contribution in [-0.4, -0.2) is 29.4 Å². The van der Waals surface area contributed by atoms with E-state index < -0.39 is 12.5 Å². The monoisotopic (exact) mass is 395 g/mol. The molecular weight excluding hydrogens is 368 g/mol. The summed E-state index contributed by atoms with van der Waals surface area (Å²) in [7, 11) is 1.32. The first-order valence-corrected chi connectivity index (χ1v) is 8.88. The second-order valence-corrected chi connectivity index (χ2v) is 8.45. The number of carbonyl (C=O) groups excluding carboxylic acids is 1. The molecular formula is C20H27F2N3O3. The van der Waals surface area contributed by atoms with E-state index >= 15 is 0 Å². The van der Waals surface area contributed by atoms with Gasteiger partial charge in [-0.05, 0) is 39.0 Å². The van der Waals surface area contributed by atoms with Crippen LogP contribution in [0.1, 0.15) is 57.6 Å². The summed E-state index contributed by atoms with van der Waals surface area (Å²) in [6, 6.07) is 5.88. The summed E-state index contributed by atoms with van der Waals surface area (Å²) in [4.78, 5) is 12.8. The van der Waals surface area contributed by atoms with Gasteiger partial charge in [-0.15, -0.1) is 0 Å². The molecule has 2 rings (SSSR count). The van der Waals surface area contributed by atoms with Crippen LogP contribution in [0.4, 0.5) is 14.6 Å². The number of aromatic nitrogens is 2. The van der Waals surface area contributed by atoms with Gasteiger partial charge >= 0.3 is 6.61 Å². The summed E-state index contributed by atoms with van der Waals surface area (Å²) in [5.41, 5.74) is 0.556. The van der Waals surface area contributed by atoms with E-state index in [0.717, 1.165) is 5.69 Å². The molecule has 0 spiro atoms. The van der Waals surface area contributed by atoms with Gasteiger partial charge in [-0.3, -0.25) is 4.79 Å². The highest BCUT2D eigenvalue weighted by atomic mass is 19.3. The van der Waals surface area contributed by atoms with Gasteiger partial charge in [0.1, 0.15) is 5.82 Å². The molecule has 1 heterocycles. The number of anilines is 1. The van der Waals surface area contributed by atoms with Crippen LogP contribution in [0.15, 0.2) is 24.3 Å². The Kier molecular flexibility index (Phi) is 6.01. The van der Waals surface area contributed by atoms with E-state index in [9.17, 15) is 13.6 Å². The van der Waals surface area contributed by atoms with Crippen LogP contribution in [0.5, 0.6) is 11.5 Å². The second kappa shape index (κ2) is 7.77. The molecule has 0 unspecified atom stereocenters. The smallest absolute Gasteiger partial charge is 0.387 e. The van der Waals surface area contributed by atoms with Crippen molar-refractivity contribution >= 4 is 11.7 Å². The maximum absolute atomic E-state index is 12.8. The summed E-state index contributed by atoms with van der Waals surface area (Å²) < 4.78 is 36.2. The van der Waals surface area contributed by atoms with Crippen LogP contribution in [0.3, 0.4) is 0 Å². The molecule has 0 bridgehead atoms. The molecule has 0 aliphatic carbocycles. The van der Waals surface area contributed by atoms with Gasteiger partial charge in [-0.1, -0.05) is 20.8 Å². The van der Waals surface area contributed by atoms with Gasteiger partial charge < -0.3 is 14.8 Å². The third-order valence-electron chi connectivity index (χ3n) is 4.00. The standard InChI is InChI=1S/C20H27F2N3O3/c1-19(2,3)15-11-16(25(24-15)20(4,5)6)23-17(26)12-8-9-13(28-18(21)22)14(10-12)27-7/h8-11,18H,1-7H3,(H,23,26). The van der Waals surface area contributed by atoms with E-state index in [2.05, 4.69) is 15.2 Å². The van der Waals surface area contributed by atoms with E-state index in [-0.39, 0.29) is 28.0 Å². The van der Waals surface area contributed by atoms with Gasteiger partial charge in [-0.25, -0.2) is 4.68 Å². The number of alkyl halides is 2. The topological polar surface area (TPSA) is 65.4 Å². The van der Waals surface area contributed by atoms with Crippen molar-refractivity contribution in [3.8, 4) is 11.5 Å². The van der Waals surface area contributed by atoms with Crippen molar-refractivity contribution in [2.45, 2.75) is 59.1 Å². The number of nitrogens with one attached hydrogen (secondary N) is 1. The van der Waals surface area contributed by atoms with Crippen molar-refractivity contribution in [1.82, 2.24) is 9.78 Å². The van der Waals surface area contributed by atoms with Crippen molar-refractivity contribution in [2.75, 3.05) is 12.4 Å².